The first-order valence-electron chi connectivity index (χ1n) is 5.62. The maximum Gasteiger partial charge on any atom is 0.260 e. The summed E-state index contributed by atoms with van der Waals surface area (Å²) < 4.78 is 6.38. The summed E-state index contributed by atoms with van der Waals surface area (Å²) in [6.07, 6.45) is 2.84. The molecule has 2 heterocycles. The molecule has 8 heteroatoms. The van der Waals surface area contributed by atoms with Gasteiger partial charge in [0.05, 0.1) is 17.5 Å². The highest BCUT2D eigenvalue weighted by atomic mass is 35.5. The predicted octanol–water partition coefficient (Wildman–Crippen LogP) is 2.16. The molecule has 1 amide bonds. The highest BCUT2D eigenvalue weighted by Crippen LogP contribution is 2.19. The average Bonchev–Trinajstić information content (AvgIpc) is 3.10. The van der Waals surface area contributed by atoms with Crippen LogP contribution in [0.3, 0.4) is 0 Å². The lowest BCUT2D eigenvalue weighted by Gasteiger charge is -2.05. The maximum absolute atomic E-state index is 11.9. The monoisotopic (exact) mass is 289 g/mol. The molecule has 1 aromatic carbocycles. The first-order valence-corrected chi connectivity index (χ1v) is 5.99. The highest BCUT2D eigenvalue weighted by Gasteiger charge is 2.13. The minimum Gasteiger partial charge on any atom is -0.452 e. The zero-order valence-electron chi connectivity index (χ0n) is 10.0. The molecular weight excluding hydrogens is 282 g/mol. The van der Waals surface area contributed by atoms with E-state index in [2.05, 4.69) is 20.8 Å². The number of nitrogens with zero attached hydrogens (tertiary/aromatic N) is 4. The summed E-state index contributed by atoms with van der Waals surface area (Å²) in [7, 11) is 0. The fourth-order valence-corrected chi connectivity index (χ4v) is 1.83. The predicted molar refractivity (Wildman–Crippen MR) is 70.8 cm³/mol. The fourth-order valence-electron chi connectivity index (χ4n) is 1.63. The lowest BCUT2D eigenvalue weighted by atomic mass is 10.2. The normalized spacial score (nSPS) is 10.4. The number of nitrogens with one attached hydrogen (secondary N) is 1. The molecule has 0 saturated carbocycles. The van der Waals surface area contributed by atoms with Crippen molar-refractivity contribution in [3.63, 3.8) is 0 Å². The standard InChI is InChI=1S/C12H8ClN5O2/c13-11-10(5-6-20-11)12(19)15-8-1-3-9(4-2-8)18-7-14-16-17-18/h1-7H,(H,15,19). The van der Waals surface area contributed by atoms with E-state index in [1.54, 1.807) is 24.3 Å². The molecule has 0 atom stereocenters. The number of anilines is 1. The molecule has 0 bridgehead atoms. The number of tetrazole rings is 1. The van der Waals surface area contributed by atoms with E-state index >= 15 is 0 Å². The quantitative estimate of drug-likeness (QED) is 0.798. The van der Waals surface area contributed by atoms with Gasteiger partial charge in [-0.15, -0.1) is 5.10 Å². The average molecular weight is 290 g/mol. The lowest BCUT2D eigenvalue weighted by molar-refractivity contribution is 0.102. The van der Waals surface area contributed by atoms with Crippen LogP contribution in [0.1, 0.15) is 10.4 Å². The van der Waals surface area contributed by atoms with Crippen molar-refractivity contribution >= 4 is 23.2 Å². The van der Waals surface area contributed by atoms with Gasteiger partial charge in [0.15, 0.2) is 0 Å². The summed E-state index contributed by atoms with van der Waals surface area (Å²) in [5.41, 5.74) is 1.70. The zero-order valence-corrected chi connectivity index (χ0v) is 10.8. The van der Waals surface area contributed by atoms with Crippen LogP contribution in [0.2, 0.25) is 5.22 Å². The third-order valence-electron chi connectivity index (χ3n) is 2.60. The molecule has 0 radical (unpaired) electrons. The first-order chi connectivity index (χ1) is 9.74. The lowest BCUT2D eigenvalue weighted by Crippen LogP contribution is -2.11. The molecule has 20 heavy (non-hydrogen) atoms. The molecule has 2 aromatic heterocycles. The molecule has 0 unspecified atom stereocenters. The summed E-state index contributed by atoms with van der Waals surface area (Å²) in [6, 6.07) is 8.55. The molecule has 7 nitrogen and oxygen atoms in total. The van der Waals surface area contributed by atoms with Crippen molar-refractivity contribution in [2.75, 3.05) is 5.32 Å². The van der Waals surface area contributed by atoms with Crippen LogP contribution in [0.4, 0.5) is 5.69 Å². The molecule has 3 rings (SSSR count). The van der Waals surface area contributed by atoms with E-state index in [4.69, 9.17) is 16.0 Å². The Hall–Kier alpha value is -2.67. The van der Waals surface area contributed by atoms with Gasteiger partial charge in [0.25, 0.3) is 5.91 Å². The van der Waals surface area contributed by atoms with Gasteiger partial charge >= 0.3 is 0 Å². The number of hydrogen-bond donors (Lipinski definition) is 1. The summed E-state index contributed by atoms with van der Waals surface area (Å²) >= 11 is 5.74. The second-order valence-electron chi connectivity index (χ2n) is 3.86. The summed E-state index contributed by atoms with van der Waals surface area (Å²) in [4.78, 5) is 11.9. The van der Waals surface area contributed by atoms with Crippen molar-refractivity contribution in [2.24, 2.45) is 0 Å². The van der Waals surface area contributed by atoms with Gasteiger partial charge in [0.1, 0.15) is 6.33 Å². The molecule has 0 saturated heterocycles. The minimum absolute atomic E-state index is 0.0628. The zero-order chi connectivity index (χ0) is 13.9. The van der Waals surface area contributed by atoms with Gasteiger partial charge in [0.2, 0.25) is 5.22 Å². The Kier molecular flexibility index (Phi) is 3.18. The number of halogens is 1. The van der Waals surface area contributed by atoms with Gasteiger partial charge in [-0.2, -0.15) is 0 Å². The van der Waals surface area contributed by atoms with Crippen LogP contribution in [-0.2, 0) is 0 Å². The molecule has 0 aliphatic carbocycles. The van der Waals surface area contributed by atoms with Crippen LogP contribution in [0.5, 0.6) is 0 Å². The summed E-state index contributed by atoms with van der Waals surface area (Å²) in [5, 5.41) is 13.6. The number of carbonyl (C=O) groups excluding carboxylic acids is 1. The molecule has 0 spiro atoms. The van der Waals surface area contributed by atoms with Crippen molar-refractivity contribution in [3.05, 3.63) is 53.7 Å². The maximum atomic E-state index is 11.9. The summed E-state index contributed by atoms with van der Waals surface area (Å²) in [6.45, 7) is 0. The SMILES string of the molecule is O=C(Nc1ccc(-n2cnnn2)cc1)c1ccoc1Cl. The van der Waals surface area contributed by atoms with Gasteiger partial charge in [-0.1, -0.05) is 0 Å². The van der Waals surface area contributed by atoms with E-state index in [9.17, 15) is 4.79 Å². The third kappa shape index (κ3) is 2.39. The molecule has 3 aromatic rings. The third-order valence-corrected chi connectivity index (χ3v) is 2.89. The number of aromatic nitrogens is 4. The Balaban J connectivity index is 1.76. The topological polar surface area (TPSA) is 85.8 Å². The smallest absolute Gasteiger partial charge is 0.260 e. The van der Waals surface area contributed by atoms with Crippen molar-refractivity contribution in [1.82, 2.24) is 20.2 Å². The highest BCUT2D eigenvalue weighted by molar-refractivity contribution is 6.32. The van der Waals surface area contributed by atoms with Crippen molar-refractivity contribution in [1.29, 1.82) is 0 Å². The van der Waals surface area contributed by atoms with Gasteiger partial charge < -0.3 is 9.73 Å². The fraction of sp³-hybridized carbons (Fsp3) is 0. The van der Waals surface area contributed by atoms with Crippen molar-refractivity contribution < 1.29 is 9.21 Å². The molecule has 0 aliphatic rings. The van der Waals surface area contributed by atoms with Gasteiger partial charge in [-0.05, 0) is 52.4 Å². The molecule has 0 fully saturated rings. The number of furan rings is 1. The van der Waals surface area contributed by atoms with E-state index in [1.165, 1.54) is 23.3 Å². The Bertz CT molecular complexity index is 721. The van der Waals surface area contributed by atoms with Gasteiger partial charge in [0, 0.05) is 5.69 Å². The Morgan fingerprint density at radius 1 is 1.25 bits per heavy atom. The number of hydrogen-bond acceptors (Lipinski definition) is 5. The van der Waals surface area contributed by atoms with Crippen LogP contribution >= 0.6 is 11.6 Å². The molecular formula is C12H8ClN5O2. The van der Waals surface area contributed by atoms with Crippen LogP contribution in [0, 0.1) is 0 Å². The van der Waals surface area contributed by atoms with Crippen LogP contribution in [0.15, 0.2) is 47.3 Å². The van der Waals surface area contributed by atoms with Crippen LogP contribution in [0.25, 0.3) is 5.69 Å². The van der Waals surface area contributed by atoms with E-state index in [-0.39, 0.29) is 16.7 Å². The number of amides is 1. The van der Waals surface area contributed by atoms with E-state index in [0.29, 0.717) is 5.69 Å². The number of benzene rings is 1. The van der Waals surface area contributed by atoms with Gasteiger partial charge in [-0.25, -0.2) is 4.68 Å². The first kappa shape index (κ1) is 12.4. The summed E-state index contributed by atoms with van der Waals surface area (Å²) in [5.74, 6) is -0.334. The second kappa shape index (κ2) is 5.14. The van der Waals surface area contributed by atoms with E-state index in [1.807, 2.05) is 0 Å². The molecule has 0 aliphatic heterocycles. The molecule has 1 N–H and O–H groups in total. The second-order valence-corrected chi connectivity index (χ2v) is 4.21. The Morgan fingerprint density at radius 3 is 2.65 bits per heavy atom. The largest absolute Gasteiger partial charge is 0.452 e. The number of rotatable bonds is 3. The van der Waals surface area contributed by atoms with Crippen LogP contribution in [-0.4, -0.2) is 26.1 Å². The van der Waals surface area contributed by atoms with Crippen molar-refractivity contribution in [2.45, 2.75) is 0 Å². The number of carbonyl (C=O) groups is 1. The minimum atomic E-state index is -0.334. The van der Waals surface area contributed by atoms with E-state index < -0.39 is 0 Å². The van der Waals surface area contributed by atoms with E-state index in [0.717, 1.165) is 5.69 Å². The van der Waals surface area contributed by atoms with Gasteiger partial charge in [-0.3, -0.25) is 4.79 Å². The van der Waals surface area contributed by atoms with Crippen molar-refractivity contribution in [3.8, 4) is 5.69 Å². The molecule has 100 valence electrons. The Morgan fingerprint density at radius 2 is 2.05 bits per heavy atom. The van der Waals surface area contributed by atoms with Crippen LogP contribution < -0.4 is 5.32 Å². The Labute approximate surface area is 118 Å².